The van der Waals surface area contributed by atoms with E-state index in [1.165, 1.54) is 19.4 Å². The molecule has 10 atom stereocenters. The molecule has 0 aromatic carbocycles. The summed E-state index contributed by atoms with van der Waals surface area (Å²) >= 11 is 0. The second-order valence-corrected chi connectivity index (χ2v) is 18.6. The van der Waals surface area contributed by atoms with Crippen LogP contribution < -0.4 is 48.7 Å². The lowest BCUT2D eigenvalue weighted by Crippen LogP contribution is -2.62. The number of aromatic nitrogens is 2. The molecule has 0 radical (unpaired) electrons. The highest BCUT2D eigenvalue weighted by atomic mass is 16.4. The summed E-state index contributed by atoms with van der Waals surface area (Å²) in [6.45, 7) is 7.30. The van der Waals surface area contributed by atoms with Gasteiger partial charge in [0.05, 0.1) is 25.1 Å². The number of carboxylic acid groups (broad SMARTS) is 3. The van der Waals surface area contributed by atoms with Crippen LogP contribution in [0.4, 0.5) is 0 Å². The van der Waals surface area contributed by atoms with Gasteiger partial charge in [0.25, 0.3) is 0 Å². The summed E-state index contributed by atoms with van der Waals surface area (Å²) in [5.74, 6) is -12.4. The van der Waals surface area contributed by atoms with E-state index >= 15 is 0 Å². The minimum absolute atomic E-state index is 0.00246. The molecular weight excluding hydrogens is 965 g/mol. The van der Waals surface area contributed by atoms with Gasteiger partial charge in [0.1, 0.15) is 48.3 Å². The van der Waals surface area contributed by atoms with Gasteiger partial charge >= 0.3 is 17.9 Å². The Morgan fingerprint density at radius 3 is 1.68 bits per heavy atom. The second kappa shape index (κ2) is 31.0. The first kappa shape index (κ1) is 62.3. The van der Waals surface area contributed by atoms with Gasteiger partial charge in [-0.25, -0.2) is 9.78 Å². The van der Waals surface area contributed by atoms with Gasteiger partial charge in [0, 0.05) is 37.7 Å². The van der Waals surface area contributed by atoms with Gasteiger partial charge in [-0.3, -0.25) is 47.9 Å². The van der Waals surface area contributed by atoms with Crippen LogP contribution in [0.15, 0.2) is 12.5 Å². The largest absolute Gasteiger partial charge is 0.481 e. The number of aliphatic carboxylic acids is 3. The molecule has 28 nitrogen and oxygen atoms in total. The maximum absolute atomic E-state index is 14.2. The van der Waals surface area contributed by atoms with Crippen LogP contribution in [0, 0.1) is 11.8 Å². The van der Waals surface area contributed by atoms with Crippen molar-refractivity contribution in [2.45, 2.75) is 166 Å². The van der Waals surface area contributed by atoms with Crippen LogP contribution in [0.5, 0.6) is 0 Å². The fourth-order valence-electron chi connectivity index (χ4n) is 7.60. The monoisotopic (exact) mass is 1040 g/mol. The highest BCUT2D eigenvalue weighted by Crippen LogP contribution is 2.21. The molecule has 17 N–H and O–H groups in total. The average molecular weight is 1040 g/mol. The third-order valence-corrected chi connectivity index (χ3v) is 11.8. The van der Waals surface area contributed by atoms with Crippen LogP contribution >= 0.6 is 0 Å². The number of unbranched alkanes of at least 4 members (excludes halogenated alkanes) is 1. The first-order chi connectivity index (χ1) is 34.3. The Morgan fingerprint density at radius 1 is 0.699 bits per heavy atom. The smallest absolute Gasteiger partial charge is 0.328 e. The van der Waals surface area contributed by atoms with E-state index in [1.807, 2.05) is 0 Å². The van der Waals surface area contributed by atoms with Crippen LogP contribution in [0.25, 0.3) is 0 Å². The van der Waals surface area contributed by atoms with Gasteiger partial charge in [-0.2, -0.15) is 0 Å². The lowest BCUT2D eigenvalue weighted by molar-refractivity contribution is -0.145. The maximum Gasteiger partial charge on any atom is 0.328 e. The fourth-order valence-corrected chi connectivity index (χ4v) is 7.60. The number of aliphatic hydroxyl groups excluding tert-OH is 2. The molecule has 2 rings (SSSR count). The van der Waals surface area contributed by atoms with E-state index in [9.17, 15) is 78.3 Å². The van der Waals surface area contributed by atoms with Crippen molar-refractivity contribution >= 4 is 65.2 Å². The van der Waals surface area contributed by atoms with Crippen LogP contribution in [-0.2, 0) is 59.2 Å². The number of carbonyl (C=O) groups is 11. The minimum atomic E-state index is -1.75. The first-order valence-corrected chi connectivity index (χ1v) is 24.1. The predicted molar refractivity (Wildman–Crippen MR) is 256 cm³/mol. The van der Waals surface area contributed by atoms with E-state index in [1.54, 1.807) is 27.7 Å². The van der Waals surface area contributed by atoms with Gasteiger partial charge in [-0.05, 0) is 76.7 Å². The molecule has 1 fully saturated rings. The number of hydrogen-bond acceptors (Lipinski definition) is 16. The van der Waals surface area contributed by atoms with Gasteiger partial charge in [-0.15, -0.1) is 0 Å². The molecule has 0 saturated carbocycles. The molecule has 0 unspecified atom stereocenters. The van der Waals surface area contributed by atoms with E-state index in [4.69, 9.17) is 11.5 Å². The Kier molecular flexibility index (Phi) is 26.4. The number of rotatable bonds is 33. The average Bonchev–Trinajstić information content (AvgIpc) is 4.04. The third kappa shape index (κ3) is 21.1. The zero-order valence-electron chi connectivity index (χ0n) is 41.8. The number of imidazole rings is 1. The number of H-pyrrole nitrogens is 1. The molecule has 410 valence electrons. The molecule has 0 aliphatic carbocycles. The zero-order chi connectivity index (χ0) is 55.1. The number of carbonyl (C=O) groups excluding carboxylic acids is 8. The highest BCUT2D eigenvalue weighted by molar-refractivity contribution is 5.98. The zero-order valence-corrected chi connectivity index (χ0v) is 41.8. The Hall–Kier alpha value is -6.78. The predicted octanol–water partition coefficient (Wildman–Crippen LogP) is -4.32. The molecular formula is C45H74N12O16. The molecule has 73 heavy (non-hydrogen) atoms. The summed E-state index contributed by atoms with van der Waals surface area (Å²) in [4.78, 5) is 152. The van der Waals surface area contributed by atoms with Gasteiger partial charge in [-0.1, -0.05) is 27.7 Å². The van der Waals surface area contributed by atoms with E-state index < -0.39 is 158 Å². The number of likely N-dealkylation sites (tertiary alicyclic amines) is 1. The van der Waals surface area contributed by atoms with E-state index in [0.29, 0.717) is 12.1 Å². The Balaban J connectivity index is 2.37. The molecule has 2 heterocycles. The Labute approximate surface area is 421 Å². The summed E-state index contributed by atoms with van der Waals surface area (Å²) in [7, 11) is 0. The van der Waals surface area contributed by atoms with Crippen molar-refractivity contribution in [2.75, 3.05) is 19.7 Å². The molecule has 1 saturated heterocycles. The molecule has 0 spiro atoms. The van der Waals surface area contributed by atoms with Crippen molar-refractivity contribution < 1.29 is 78.3 Å². The summed E-state index contributed by atoms with van der Waals surface area (Å²) < 4.78 is 0. The molecule has 1 aromatic rings. The number of nitrogens with two attached hydrogens (primary N) is 2. The first-order valence-electron chi connectivity index (χ1n) is 24.1. The van der Waals surface area contributed by atoms with E-state index in [-0.39, 0.29) is 63.5 Å². The van der Waals surface area contributed by atoms with Crippen molar-refractivity contribution in [3.63, 3.8) is 0 Å². The van der Waals surface area contributed by atoms with Gasteiger partial charge in [0.2, 0.25) is 47.3 Å². The molecule has 8 amide bonds. The Morgan fingerprint density at radius 2 is 1.21 bits per heavy atom. The normalized spacial score (nSPS) is 17.1. The lowest BCUT2D eigenvalue weighted by Gasteiger charge is -2.32. The topological polar surface area (TPSA) is 457 Å². The van der Waals surface area contributed by atoms with Crippen LogP contribution in [0.3, 0.4) is 0 Å². The number of carboxylic acids is 3. The van der Waals surface area contributed by atoms with Crippen molar-refractivity contribution in [3.05, 3.63) is 18.2 Å². The minimum Gasteiger partial charge on any atom is -0.481 e. The number of aromatic amines is 1. The second-order valence-electron chi connectivity index (χ2n) is 18.6. The molecule has 1 aromatic heterocycles. The fraction of sp³-hybridized carbons (Fsp3) is 0.689. The summed E-state index contributed by atoms with van der Waals surface area (Å²) in [6.07, 6.45) is -0.619. The number of nitrogens with one attached hydrogen (secondary N) is 8. The molecule has 1 aliphatic rings. The van der Waals surface area contributed by atoms with Crippen LogP contribution in [0.1, 0.15) is 105 Å². The van der Waals surface area contributed by atoms with Gasteiger partial charge in [0.15, 0.2) is 0 Å². The van der Waals surface area contributed by atoms with Crippen molar-refractivity contribution in [3.8, 4) is 0 Å². The Bertz CT molecular complexity index is 2050. The number of nitrogens with zero attached hydrogens (tertiary/aromatic N) is 2. The van der Waals surface area contributed by atoms with E-state index in [0.717, 1.165) is 4.90 Å². The summed E-state index contributed by atoms with van der Waals surface area (Å²) in [5.41, 5.74) is 12.1. The van der Waals surface area contributed by atoms with E-state index in [2.05, 4.69) is 47.2 Å². The number of aliphatic hydroxyl groups is 2. The highest BCUT2D eigenvalue weighted by Gasteiger charge is 2.42. The maximum atomic E-state index is 14.2. The molecule has 1 aliphatic heterocycles. The standard InChI is InChI=1S/C45H74N12O16/c1-22(2)17-29(53-40(67)30(18-25-19-48-21-49-25)54-43(70)35(47)23(3)4)41(68)56-36(24(5)59)44(71)57-16-8-10-32(57)42(69)52-28(12-14-34(62)63)39(66)51-27(11-13-33(60)61)38(65)50-26(9-6-7-15-46)37(64)55-31(20-58)45(72)73/h19,21-24,26-32,35-36,58-59H,6-18,20,46-47H2,1-5H3,(H,48,49)(H,50,65)(H,51,66)(H,52,69)(H,53,67)(H,54,70)(H,55,64)(H,56,68)(H,60,61)(H,62,63)(H,72,73)/t24-,26+,27+,28+,29+,30+,31+,32+,35+,36+/m1/s1. The number of amides is 8. The summed E-state index contributed by atoms with van der Waals surface area (Å²) in [6, 6.07) is -13.2. The molecule has 28 heteroatoms. The van der Waals surface area contributed by atoms with Crippen molar-refractivity contribution in [2.24, 2.45) is 23.3 Å². The molecule has 0 bridgehead atoms. The van der Waals surface area contributed by atoms with Gasteiger partial charge < -0.3 is 84.1 Å². The summed E-state index contributed by atoms with van der Waals surface area (Å²) in [5, 5.41) is 65.5. The lowest BCUT2D eigenvalue weighted by atomic mass is 10.0. The quantitative estimate of drug-likeness (QED) is 0.0296. The third-order valence-electron chi connectivity index (χ3n) is 11.8. The SMILES string of the molecule is CC(C)C[C@H](NC(=O)[C@H](Cc1cnc[nH]1)NC(=O)[C@@H](N)C(C)C)C(=O)N[C@H](C(=O)N1CCC[C@H]1C(=O)N[C@@H](CCC(=O)O)C(=O)N[C@@H](CCC(=O)O)C(=O)N[C@@H](CCCCN)C(=O)N[C@@H](CO)C(=O)O)[C@@H](C)O. The van der Waals surface area contributed by atoms with Crippen molar-refractivity contribution in [1.29, 1.82) is 0 Å². The van der Waals surface area contributed by atoms with Crippen molar-refractivity contribution in [1.82, 2.24) is 52.1 Å². The van der Waals surface area contributed by atoms with Crippen LogP contribution in [-0.4, -0.2) is 186 Å². The van der Waals surface area contributed by atoms with Crippen LogP contribution in [0.2, 0.25) is 0 Å². The number of hydrogen-bond donors (Lipinski definition) is 15.